The fourth-order valence-corrected chi connectivity index (χ4v) is 2.62. The van der Waals surface area contributed by atoms with Gasteiger partial charge >= 0.3 is 12.1 Å². The lowest BCUT2D eigenvalue weighted by atomic mass is 9.86. The minimum absolute atomic E-state index is 0.0286. The van der Waals surface area contributed by atoms with E-state index in [1.165, 1.54) is 11.0 Å². The van der Waals surface area contributed by atoms with Crippen molar-refractivity contribution in [2.45, 2.75) is 26.1 Å². The lowest BCUT2D eigenvalue weighted by Gasteiger charge is -2.27. The van der Waals surface area contributed by atoms with Crippen molar-refractivity contribution in [3.8, 4) is 0 Å². The maximum absolute atomic E-state index is 13.6. The molecule has 2 rings (SSSR count). The first-order valence-electron chi connectivity index (χ1n) is 6.43. The lowest BCUT2D eigenvalue weighted by Crippen LogP contribution is -2.47. The molecule has 1 fully saturated rings. The average Bonchev–Trinajstić information content (AvgIpc) is 2.79. The number of carboxylic acid groups (broad SMARTS) is 1. The van der Waals surface area contributed by atoms with Crippen LogP contribution >= 0.6 is 0 Å². The highest BCUT2D eigenvalue weighted by Gasteiger charge is 2.63. The van der Waals surface area contributed by atoms with Gasteiger partial charge in [0.05, 0.1) is 0 Å². The summed E-state index contributed by atoms with van der Waals surface area (Å²) in [6.45, 7) is 1.04. The number of likely N-dealkylation sites (tertiary alicyclic amines) is 1. The molecule has 1 atom stereocenters. The SMILES string of the molecule is Cc1ccc(F)c(CN2CCC(C(=O)O)(C(F)(F)F)C2)c1. The standard InChI is InChI=1S/C14H15F4NO2/c1-9-2-3-11(15)10(6-9)7-19-5-4-13(8-19,12(20)21)14(16,17)18/h2-3,6H,4-5,7-8H2,1H3,(H,20,21). The first-order valence-corrected chi connectivity index (χ1v) is 6.43. The fraction of sp³-hybridized carbons (Fsp3) is 0.500. The summed E-state index contributed by atoms with van der Waals surface area (Å²) in [6.07, 6.45) is -5.34. The van der Waals surface area contributed by atoms with Gasteiger partial charge in [-0.2, -0.15) is 13.2 Å². The summed E-state index contributed by atoms with van der Waals surface area (Å²) >= 11 is 0. The molecule has 0 bridgehead atoms. The van der Waals surface area contributed by atoms with Crippen LogP contribution < -0.4 is 0 Å². The zero-order chi connectivity index (χ0) is 15.8. The lowest BCUT2D eigenvalue weighted by molar-refractivity contribution is -0.227. The van der Waals surface area contributed by atoms with Crippen LogP contribution in [0.3, 0.4) is 0 Å². The van der Waals surface area contributed by atoms with E-state index in [0.29, 0.717) is 0 Å². The van der Waals surface area contributed by atoms with E-state index >= 15 is 0 Å². The van der Waals surface area contributed by atoms with E-state index in [1.54, 1.807) is 19.1 Å². The largest absolute Gasteiger partial charge is 0.481 e. The number of benzene rings is 1. The molecule has 21 heavy (non-hydrogen) atoms. The Kier molecular flexibility index (Phi) is 3.97. The van der Waals surface area contributed by atoms with Crippen molar-refractivity contribution in [1.29, 1.82) is 0 Å². The zero-order valence-corrected chi connectivity index (χ0v) is 11.4. The van der Waals surface area contributed by atoms with Gasteiger partial charge in [-0.3, -0.25) is 9.69 Å². The second-order valence-electron chi connectivity index (χ2n) is 5.44. The molecule has 0 radical (unpaired) electrons. The molecular weight excluding hydrogens is 290 g/mol. The van der Waals surface area contributed by atoms with E-state index in [4.69, 9.17) is 5.11 Å². The number of hydrogen-bond donors (Lipinski definition) is 1. The Balaban J connectivity index is 2.19. The van der Waals surface area contributed by atoms with Gasteiger partial charge in [0.1, 0.15) is 5.82 Å². The summed E-state index contributed by atoms with van der Waals surface area (Å²) in [7, 11) is 0. The van der Waals surface area contributed by atoms with Crippen LogP contribution in [-0.2, 0) is 11.3 Å². The Labute approximate surface area is 119 Å². The van der Waals surface area contributed by atoms with Crippen LogP contribution in [0.4, 0.5) is 17.6 Å². The summed E-state index contributed by atoms with van der Waals surface area (Å²) in [5.74, 6) is -2.37. The Bertz CT molecular complexity index is 558. The monoisotopic (exact) mass is 305 g/mol. The third-order valence-corrected chi connectivity index (χ3v) is 3.90. The highest BCUT2D eigenvalue weighted by molar-refractivity contribution is 5.76. The van der Waals surface area contributed by atoms with Crippen molar-refractivity contribution in [2.24, 2.45) is 5.41 Å². The highest BCUT2D eigenvalue weighted by atomic mass is 19.4. The van der Waals surface area contributed by atoms with Gasteiger partial charge in [-0.25, -0.2) is 4.39 Å². The van der Waals surface area contributed by atoms with E-state index in [-0.39, 0.29) is 18.7 Å². The molecular formula is C14H15F4NO2. The van der Waals surface area contributed by atoms with Gasteiger partial charge in [0.25, 0.3) is 0 Å². The van der Waals surface area contributed by atoms with Crippen LogP contribution in [0.25, 0.3) is 0 Å². The highest BCUT2D eigenvalue weighted by Crippen LogP contribution is 2.46. The summed E-state index contributed by atoms with van der Waals surface area (Å²) in [4.78, 5) is 12.4. The summed E-state index contributed by atoms with van der Waals surface area (Å²) in [5.41, 5.74) is -1.68. The van der Waals surface area contributed by atoms with Crippen LogP contribution in [0.1, 0.15) is 17.5 Å². The molecule has 1 unspecified atom stereocenters. The Hall–Kier alpha value is -1.63. The predicted molar refractivity (Wildman–Crippen MR) is 67.2 cm³/mol. The Morgan fingerprint density at radius 2 is 2.10 bits per heavy atom. The molecule has 3 nitrogen and oxygen atoms in total. The fourth-order valence-electron chi connectivity index (χ4n) is 2.62. The molecule has 1 heterocycles. The third-order valence-electron chi connectivity index (χ3n) is 3.90. The van der Waals surface area contributed by atoms with Gasteiger partial charge in [0, 0.05) is 25.2 Å². The normalized spacial score (nSPS) is 23.5. The number of carbonyl (C=O) groups is 1. The molecule has 0 spiro atoms. The van der Waals surface area contributed by atoms with Crippen molar-refractivity contribution in [1.82, 2.24) is 4.90 Å². The van der Waals surface area contributed by atoms with Crippen molar-refractivity contribution in [3.05, 3.63) is 35.1 Å². The van der Waals surface area contributed by atoms with Gasteiger partial charge in [0.2, 0.25) is 0 Å². The van der Waals surface area contributed by atoms with E-state index in [2.05, 4.69) is 0 Å². The molecule has 0 aromatic heterocycles. The molecule has 1 aliphatic heterocycles. The van der Waals surface area contributed by atoms with E-state index in [0.717, 1.165) is 5.56 Å². The van der Waals surface area contributed by atoms with Crippen LogP contribution in [0.5, 0.6) is 0 Å². The zero-order valence-electron chi connectivity index (χ0n) is 11.4. The maximum atomic E-state index is 13.6. The smallest absolute Gasteiger partial charge is 0.406 e. The molecule has 7 heteroatoms. The van der Waals surface area contributed by atoms with E-state index < -0.39 is 36.3 Å². The predicted octanol–water partition coefficient (Wildman–Crippen LogP) is 2.97. The molecule has 1 aromatic rings. The number of alkyl halides is 3. The van der Waals surface area contributed by atoms with Gasteiger partial charge in [0.15, 0.2) is 5.41 Å². The first-order chi connectivity index (χ1) is 9.65. The second kappa shape index (κ2) is 5.29. The Morgan fingerprint density at radius 3 is 2.62 bits per heavy atom. The van der Waals surface area contributed by atoms with Crippen molar-refractivity contribution >= 4 is 5.97 Å². The number of aliphatic carboxylic acids is 1. The third kappa shape index (κ3) is 2.88. The molecule has 0 amide bonds. The molecule has 0 aliphatic carbocycles. The molecule has 1 aromatic carbocycles. The molecule has 116 valence electrons. The van der Waals surface area contributed by atoms with Crippen molar-refractivity contribution in [2.75, 3.05) is 13.1 Å². The number of nitrogens with zero attached hydrogens (tertiary/aromatic N) is 1. The summed E-state index contributed by atoms with van der Waals surface area (Å²) in [6, 6.07) is 4.39. The van der Waals surface area contributed by atoms with Crippen LogP contribution in [0.15, 0.2) is 18.2 Å². The molecule has 1 aliphatic rings. The van der Waals surface area contributed by atoms with E-state index in [9.17, 15) is 22.4 Å². The minimum Gasteiger partial charge on any atom is -0.481 e. The van der Waals surface area contributed by atoms with Gasteiger partial charge in [-0.1, -0.05) is 17.7 Å². The average molecular weight is 305 g/mol. The number of rotatable bonds is 3. The quantitative estimate of drug-likeness (QED) is 0.873. The van der Waals surface area contributed by atoms with Crippen molar-refractivity contribution < 1.29 is 27.5 Å². The van der Waals surface area contributed by atoms with Gasteiger partial charge in [-0.05, 0) is 19.4 Å². The molecule has 0 saturated carbocycles. The van der Waals surface area contributed by atoms with E-state index in [1.807, 2.05) is 0 Å². The van der Waals surface area contributed by atoms with Gasteiger partial charge in [-0.15, -0.1) is 0 Å². The summed E-state index contributed by atoms with van der Waals surface area (Å²) in [5, 5.41) is 8.96. The number of halogens is 4. The minimum atomic E-state index is -4.82. The first kappa shape index (κ1) is 15.8. The van der Waals surface area contributed by atoms with Crippen molar-refractivity contribution in [3.63, 3.8) is 0 Å². The topological polar surface area (TPSA) is 40.5 Å². The van der Waals surface area contributed by atoms with Crippen LogP contribution in [0, 0.1) is 18.2 Å². The van der Waals surface area contributed by atoms with Crippen LogP contribution in [-0.4, -0.2) is 35.2 Å². The summed E-state index contributed by atoms with van der Waals surface area (Å²) < 4.78 is 52.8. The Morgan fingerprint density at radius 1 is 1.43 bits per heavy atom. The number of aryl methyl sites for hydroxylation is 1. The second-order valence-corrected chi connectivity index (χ2v) is 5.44. The molecule has 1 saturated heterocycles. The van der Waals surface area contributed by atoms with Crippen LogP contribution in [0.2, 0.25) is 0 Å². The maximum Gasteiger partial charge on any atom is 0.406 e. The number of carboxylic acids is 1. The molecule has 1 N–H and O–H groups in total. The number of hydrogen-bond acceptors (Lipinski definition) is 2. The van der Waals surface area contributed by atoms with Gasteiger partial charge < -0.3 is 5.11 Å².